The first-order chi connectivity index (χ1) is 13.3. The van der Waals surface area contributed by atoms with E-state index in [0.717, 1.165) is 16.7 Å². The molecule has 0 spiro atoms. The van der Waals surface area contributed by atoms with Crippen molar-refractivity contribution in [3.8, 4) is 0 Å². The topological polar surface area (TPSA) is 65.2 Å². The van der Waals surface area contributed by atoms with Gasteiger partial charge in [-0.2, -0.15) is 0 Å². The van der Waals surface area contributed by atoms with E-state index in [1.54, 1.807) is 0 Å². The Hall–Kier alpha value is -3.40. The van der Waals surface area contributed by atoms with Crippen LogP contribution in [0.1, 0.15) is 22.6 Å². The molecule has 0 aliphatic heterocycles. The predicted molar refractivity (Wildman–Crippen MR) is 106 cm³/mol. The van der Waals surface area contributed by atoms with Crippen LogP contribution in [0.3, 0.4) is 0 Å². The zero-order chi connectivity index (χ0) is 18.6. The molecule has 2 N–H and O–H groups in total. The van der Waals surface area contributed by atoms with E-state index in [1.807, 2.05) is 78.9 Å². The van der Waals surface area contributed by atoms with Gasteiger partial charge in [0.2, 0.25) is 0 Å². The van der Waals surface area contributed by atoms with Crippen molar-refractivity contribution in [2.45, 2.75) is 5.92 Å². The molecule has 4 rings (SSSR count). The van der Waals surface area contributed by atoms with Gasteiger partial charge in [0, 0.05) is 17.8 Å². The highest BCUT2D eigenvalue weighted by molar-refractivity contribution is 6.13. The Morgan fingerprint density at radius 3 is 1.30 bits per heavy atom. The van der Waals surface area contributed by atoms with Gasteiger partial charge in [-0.3, -0.25) is 0 Å². The Morgan fingerprint density at radius 2 is 0.926 bits per heavy atom. The molecule has 0 amide bonds. The van der Waals surface area contributed by atoms with Crippen molar-refractivity contribution in [1.29, 1.82) is 0 Å². The van der Waals surface area contributed by atoms with E-state index in [1.165, 1.54) is 0 Å². The molecule has 1 saturated carbocycles. The van der Waals surface area contributed by atoms with Crippen molar-refractivity contribution in [3.05, 3.63) is 108 Å². The molecule has 0 saturated heterocycles. The van der Waals surface area contributed by atoms with Crippen LogP contribution in [0.2, 0.25) is 0 Å². The summed E-state index contributed by atoms with van der Waals surface area (Å²) in [7, 11) is 0. The summed E-state index contributed by atoms with van der Waals surface area (Å²) in [6.45, 7) is 0. The van der Waals surface area contributed by atoms with Crippen LogP contribution in [0.5, 0.6) is 0 Å². The number of hydrogen-bond acceptors (Lipinski definition) is 4. The third-order valence-electron chi connectivity index (χ3n) is 5.19. The maximum absolute atomic E-state index is 9.78. The minimum absolute atomic E-state index is 0.0640. The molecule has 0 heterocycles. The molecule has 2 atom stereocenters. The first-order valence-electron chi connectivity index (χ1n) is 8.95. The third-order valence-corrected chi connectivity index (χ3v) is 5.19. The van der Waals surface area contributed by atoms with Gasteiger partial charge in [-0.25, -0.2) is 0 Å². The molecule has 1 aliphatic rings. The maximum atomic E-state index is 9.78. The van der Waals surface area contributed by atoms with Gasteiger partial charge < -0.3 is 10.4 Å². The van der Waals surface area contributed by atoms with E-state index in [-0.39, 0.29) is 17.8 Å². The number of benzene rings is 3. The van der Waals surface area contributed by atoms with Crippen LogP contribution in [0.15, 0.2) is 101 Å². The number of rotatable bonds is 5. The molecule has 0 bridgehead atoms. The fourth-order valence-electron chi connectivity index (χ4n) is 3.93. The summed E-state index contributed by atoms with van der Waals surface area (Å²) in [6.07, 6.45) is 0. The quantitative estimate of drug-likeness (QED) is 0.393. The molecule has 1 aliphatic carbocycles. The van der Waals surface area contributed by atoms with Crippen LogP contribution in [0.4, 0.5) is 0 Å². The average Bonchev–Trinajstić information content (AvgIpc) is 3.46. The van der Waals surface area contributed by atoms with Crippen molar-refractivity contribution in [1.82, 2.24) is 0 Å². The van der Waals surface area contributed by atoms with Gasteiger partial charge in [-0.1, -0.05) is 101 Å². The van der Waals surface area contributed by atoms with Gasteiger partial charge in [0.25, 0.3) is 0 Å². The van der Waals surface area contributed by atoms with Gasteiger partial charge in [-0.15, -0.1) is 0 Å². The Morgan fingerprint density at radius 1 is 0.556 bits per heavy atom. The number of nitrogens with zero attached hydrogens (tertiary/aromatic N) is 2. The lowest BCUT2D eigenvalue weighted by atomic mass is 10.0. The van der Waals surface area contributed by atoms with Gasteiger partial charge in [0.05, 0.1) is 11.4 Å². The van der Waals surface area contributed by atoms with Crippen molar-refractivity contribution in [3.63, 3.8) is 0 Å². The fourth-order valence-corrected chi connectivity index (χ4v) is 3.93. The number of oxime groups is 2. The zero-order valence-corrected chi connectivity index (χ0v) is 14.7. The molecule has 3 aromatic rings. The Labute approximate surface area is 158 Å². The van der Waals surface area contributed by atoms with Gasteiger partial charge in [0.15, 0.2) is 0 Å². The number of hydrogen-bond donors (Lipinski definition) is 2. The Balaban J connectivity index is 1.76. The lowest BCUT2D eigenvalue weighted by Gasteiger charge is -2.06. The SMILES string of the molecule is ON=C(c1ccccc1)C1C(C(=NO)c2ccccc2)C1c1ccccc1. The van der Waals surface area contributed by atoms with Crippen molar-refractivity contribution >= 4 is 11.4 Å². The first kappa shape index (κ1) is 17.0. The molecule has 2 unspecified atom stereocenters. The second kappa shape index (κ2) is 7.46. The van der Waals surface area contributed by atoms with Gasteiger partial charge >= 0.3 is 0 Å². The minimum atomic E-state index is -0.0640. The summed E-state index contributed by atoms with van der Waals surface area (Å²) in [5, 5.41) is 26.8. The van der Waals surface area contributed by atoms with Crippen LogP contribution in [-0.4, -0.2) is 21.8 Å². The molecule has 0 aromatic heterocycles. The van der Waals surface area contributed by atoms with Crippen LogP contribution < -0.4 is 0 Å². The van der Waals surface area contributed by atoms with E-state index in [4.69, 9.17) is 0 Å². The molecular weight excluding hydrogens is 336 g/mol. The highest BCUT2D eigenvalue weighted by Crippen LogP contribution is 2.57. The molecule has 134 valence electrons. The third kappa shape index (κ3) is 3.22. The zero-order valence-electron chi connectivity index (χ0n) is 14.7. The van der Waals surface area contributed by atoms with E-state index in [0.29, 0.717) is 11.4 Å². The van der Waals surface area contributed by atoms with Gasteiger partial charge in [0.1, 0.15) is 0 Å². The lowest BCUT2D eigenvalue weighted by Crippen LogP contribution is -2.11. The fraction of sp³-hybridized carbons (Fsp3) is 0.130. The minimum Gasteiger partial charge on any atom is -0.411 e. The molecule has 1 fully saturated rings. The smallest absolute Gasteiger partial charge is 0.0911 e. The highest BCUT2D eigenvalue weighted by Gasteiger charge is 2.57. The summed E-state index contributed by atoms with van der Waals surface area (Å²) in [6, 6.07) is 29.4. The van der Waals surface area contributed by atoms with E-state index >= 15 is 0 Å². The highest BCUT2D eigenvalue weighted by atomic mass is 16.4. The average molecular weight is 356 g/mol. The van der Waals surface area contributed by atoms with Crippen LogP contribution >= 0.6 is 0 Å². The second-order valence-electron chi connectivity index (χ2n) is 6.69. The van der Waals surface area contributed by atoms with Crippen LogP contribution in [-0.2, 0) is 0 Å². The summed E-state index contributed by atoms with van der Waals surface area (Å²) >= 11 is 0. The largest absolute Gasteiger partial charge is 0.411 e. The second-order valence-corrected chi connectivity index (χ2v) is 6.69. The molecule has 3 aromatic carbocycles. The predicted octanol–water partition coefficient (Wildman–Crippen LogP) is 4.77. The standard InChI is InChI=1S/C23H20N2O2/c26-24-22(17-12-6-2-7-13-17)20-19(16-10-4-1-5-11-16)21(20)23(25-27)18-14-8-3-9-15-18/h1-15,19-21,26-27H. The normalized spacial score (nSPS) is 22.4. The molecule has 27 heavy (non-hydrogen) atoms. The van der Waals surface area contributed by atoms with Crippen LogP contribution in [0.25, 0.3) is 0 Å². The summed E-state index contributed by atoms with van der Waals surface area (Å²) < 4.78 is 0. The van der Waals surface area contributed by atoms with Crippen molar-refractivity contribution in [2.24, 2.45) is 22.1 Å². The van der Waals surface area contributed by atoms with E-state index in [9.17, 15) is 10.4 Å². The monoisotopic (exact) mass is 356 g/mol. The van der Waals surface area contributed by atoms with Gasteiger partial charge in [-0.05, 0) is 16.7 Å². The van der Waals surface area contributed by atoms with E-state index in [2.05, 4.69) is 22.4 Å². The van der Waals surface area contributed by atoms with Crippen molar-refractivity contribution < 1.29 is 10.4 Å². The van der Waals surface area contributed by atoms with E-state index < -0.39 is 0 Å². The molecule has 4 nitrogen and oxygen atoms in total. The lowest BCUT2D eigenvalue weighted by molar-refractivity contribution is 0.315. The molecular formula is C23H20N2O2. The Kier molecular flexibility index (Phi) is 4.71. The summed E-state index contributed by atoms with van der Waals surface area (Å²) in [4.78, 5) is 0. The maximum Gasteiger partial charge on any atom is 0.0911 e. The van der Waals surface area contributed by atoms with Crippen molar-refractivity contribution in [2.75, 3.05) is 0 Å². The Bertz CT molecular complexity index is 892. The summed E-state index contributed by atoms with van der Waals surface area (Å²) in [5.41, 5.74) is 4.12. The molecule has 0 radical (unpaired) electrons. The van der Waals surface area contributed by atoms with Crippen LogP contribution in [0, 0.1) is 11.8 Å². The summed E-state index contributed by atoms with van der Waals surface area (Å²) in [5.74, 6) is -0.0415. The molecule has 4 heteroatoms. The first-order valence-corrected chi connectivity index (χ1v) is 8.95.